The van der Waals surface area contributed by atoms with E-state index in [1.165, 1.54) is 30.6 Å². The molecule has 0 bridgehead atoms. The van der Waals surface area contributed by atoms with Crippen LogP contribution in [0.2, 0.25) is 0 Å². The molecule has 26 heavy (non-hydrogen) atoms. The SMILES string of the molecule is CC1CCN(C(=O)CCc2csc(NC(=O)NC3CCCCC3)n2)CC1. The van der Waals surface area contributed by atoms with Crippen molar-refractivity contribution in [1.29, 1.82) is 0 Å². The molecule has 0 unspecified atom stereocenters. The number of carbonyl (C=O) groups is 2. The molecule has 0 radical (unpaired) electrons. The summed E-state index contributed by atoms with van der Waals surface area (Å²) in [5.74, 6) is 0.945. The predicted molar refractivity (Wildman–Crippen MR) is 104 cm³/mol. The van der Waals surface area contributed by atoms with Gasteiger partial charge in [-0.15, -0.1) is 11.3 Å². The van der Waals surface area contributed by atoms with Crippen molar-refractivity contribution in [3.8, 4) is 0 Å². The standard InChI is InChI=1S/C19H30N4O2S/c1-14-9-11-23(12-10-14)17(24)8-7-16-13-26-19(21-16)22-18(25)20-15-5-3-2-4-6-15/h13-15H,2-12H2,1H3,(H2,20,21,22,25). The number of rotatable bonds is 5. The second kappa shape index (κ2) is 9.35. The molecule has 2 heterocycles. The molecule has 1 aromatic heterocycles. The number of nitrogens with zero attached hydrogens (tertiary/aromatic N) is 2. The molecule has 2 fully saturated rings. The highest BCUT2D eigenvalue weighted by molar-refractivity contribution is 7.13. The van der Waals surface area contributed by atoms with Crippen LogP contribution in [0.4, 0.5) is 9.93 Å². The first-order chi connectivity index (χ1) is 12.6. The van der Waals surface area contributed by atoms with Gasteiger partial charge in [-0.3, -0.25) is 10.1 Å². The highest BCUT2D eigenvalue weighted by Crippen LogP contribution is 2.20. The maximum atomic E-state index is 12.3. The van der Waals surface area contributed by atoms with Crippen LogP contribution >= 0.6 is 11.3 Å². The molecule has 0 aromatic carbocycles. The molecule has 144 valence electrons. The molecule has 1 saturated heterocycles. The minimum atomic E-state index is -0.170. The average Bonchev–Trinajstić information content (AvgIpc) is 3.08. The number of urea groups is 1. The fourth-order valence-corrected chi connectivity index (χ4v) is 4.44. The van der Waals surface area contributed by atoms with E-state index in [4.69, 9.17) is 0 Å². The van der Waals surface area contributed by atoms with Crippen molar-refractivity contribution in [3.63, 3.8) is 0 Å². The van der Waals surface area contributed by atoms with Gasteiger partial charge in [-0.05, 0) is 38.0 Å². The number of aromatic nitrogens is 1. The van der Waals surface area contributed by atoms with Crippen molar-refractivity contribution in [1.82, 2.24) is 15.2 Å². The summed E-state index contributed by atoms with van der Waals surface area (Å²) in [5.41, 5.74) is 0.877. The van der Waals surface area contributed by atoms with Crippen LogP contribution in [0.3, 0.4) is 0 Å². The lowest BCUT2D eigenvalue weighted by molar-refractivity contribution is -0.132. The van der Waals surface area contributed by atoms with E-state index >= 15 is 0 Å². The third-order valence-electron chi connectivity index (χ3n) is 5.44. The Balaban J connectivity index is 1.39. The number of carbonyl (C=O) groups excluding carboxylic acids is 2. The molecule has 7 heteroatoms. The van der Waals surface area contributed by atoms with Gasteiger partial charge in [0.25, 0.3) is 0 Å². The first-order valence-electron chi connectivity index (χ1n) is 9.90. The number of likely N-dealkylation sites (tertiary alicyclic amines) is 1. The average molecular weight is 379 g/mol. The van der Waals surface area contributed by atoms with Crippen molar-refractivity contribution < 1.29 is 9.59 Å². The Bertz CT molecular complexity index is 604. The predicted octanol–water partition coefficient (Wildman–Crippen LogP) is 3.79. The summed E-state index contributed by atoms with van der Waals surface area (Å²) in [7, 11) is 0. The number of anilines is 1. The fraction of sp³-hybridized carbons (Fsp3) is 0.737. The molecule has 1 aliphatic carbocycles. The first-order valence-corrected chi connectivity index (χ1v) is 10.8. The number of thiazole rings is 1. The van der Waals surface area contributed by atoms with Gasteiger partial charge in [0.1, 0.15) is 0 Å². The summed E-state index contributed by atoms with van der Waals surface area (Å²) in [6, 6.07) is 0.115. The van der Waals surface area contributed by atoms with Crippen LogP contribution in [0.1, 0.15) is 64.0 Å². The second-order valence-electron chi connectivity index (χ2n) is 7.64. The van der Waals surface area contributed by atoms with E-state index in [2.05, 4.69) is 22.5 Å². The van der Waals surface area contributed by atoms with E-state index in [1.807, 2.05) is 10.3 Å². The van der Waals surface area contributed by atoms with Gasteiger partial charge in [0, 0.05) is 30.9 Å². The smallest absolute Gasteiger partial charge is 0.321 e. The normalized spacial score (nSPS) is 19.3. The summed E-state index contributed by atoms with van der Waals surface area (Å²) in [6.07, 6.45) is 9.11. The van der Waals surface area contributed by atoms with Crippen molar-refractivity contribution in [2.75, 3.05) is 18.4 Å². The summed E-state index contributed by atoms with van der Waals surface area (Å²) >= 11 is 1.42. The van der Waals surface area contributed by atoms with Crippen molar-refractivity contribution >= 4 is 28.4 Å². The van der Waals surface area contributed by atoms with Crippen LogP contribution in [0.15, 0.2) is 5.38 Å². The minimum absolute atomic E-state index is 0.170. The van der Waals surface area contributed by atoms with Crippen LogP contribution in [0.5, 0.6) is 0 Å². The number of piperidine rings is 1. The maximum Gasteiger partial charge on any atom is 0.321 e. The summed E-state index contributed by atoms with van der Waals surface area (Å²) in [6.45, 7) is 4.01. The number of aryl methyl sites for hydroxylation is 1. The van der Waals surface area contributed by atoms with Gasteiger partial charge in [0.05, 0.1) is 5.69 Å². The number of nitrogens with one attached hydrogen (secondary N) is 2. The van der Waals surface area contributed by atoms with Crippen LogP contribution in [-0.2, 0) is 11.2 Å². The van der Waals surface area contributed by atoms with Gasteiger partial charge >= 0.3 is 6.03 Å². The molecule has 2 aliphatic rings. The zero-order chi connectivity index (χ0) is 18.4. The lowest BCUT2D eigenvalue weighted by atomic mass is 9.96. The zero-order valence-corrected chi connectivity index (χ0v) is 16.4. The molecule has 1 saturated carbocycles. The van der Waals surface area contributed by atoms with Gasteiger partial charge in [-0.1, -0.05) is 26.2 Å². The number of hydrogen-bond acceptors (Lipinski definition) is 4. The van der Waals surface area contributed by atoms with E-state index < -0.39 is 0 Å². The fourth-order valence-electron chi connectivity index (χ4n) is 3.70. The van der Waals surface area contributed by atoms with Crippen LogP contribution in [0.25, 0.3) is 0 Å². The second-order valence-corrected chi connectivity index (χ2v) is 8.50. The summed E-state index contributed by atoms with van der Waals surface area (Å²) in [4.78, 5) is 30.8. The zero-order valence-electron chi connectivity index (χ0n) is 15.6. The Hall–Kier alpha value is -1.63. The van der Waals surface area contributed by atoms with Crippen LogP contribution < -0.4 is 10.6 Å². The first kappa shape index (κ1) is 19.1. The number of amides is 3. The van der Waals surface area contributed by atoms with Crippen molar-refractivity contribution in [3.05, 3.63) is 11.1 Å². The van der Waals surface area contributed by atoms with Gasteiger partial charge in [-0.25, -0.2) is 9.78 Å². The Morgan fingerprint density at radius 3 is 2.65 bits per heavy atom. The molecule has 2 N–H and O–H groups in total. The minimum Gasteiger partial charge on any atom is -0.343 e. The van der Waals surface area contributed by atoms with E-state index in [0.717, 1.165) is 50.4 Å². The highest BCUT2D eigenvalue weighted by Gasteiger charge is 2.20. The van der Waals surface area contributed by atoms with Gasteiger partial charge in [-0.2, -0.15) is 0 Å². The Labute approximate surface area is 159 Å². The van der Waals surface area contributed by atoms with Crippen molar-refractivity contribution in [2.24, 2.45) is 5.92 Å². The molecule has 3 amide bonds. The Morgan fingerprint density at radius 2 is 1.92 bits per heavy atom. The lowest BCUT2D eigenvalue weighted by Gasteiger charge is -2.30. The molecule has 0 atom stereocenters. The van der Waals surface area contributed by atoms with Gasteiger partial charge in [0.2, 0.25) is 5.91 Å². The van der Waals surface area contributed by atoms with Crippen molar-refractivity contribution in [2.45, 2.75) is 70.8 Å². The van der Waals surface area contributed by atoms with Crippen LogP contribution in [0, 0.1) is 5.92 Å². The summed E-state index contributed by atoms with van der Waals surface area (Å²) < 4.78 is 0. The van der Waals surface area contributed by atoms with E-state index in [-0.39, 0.29) is 18.0 Å². The molecule has 1 aromatic rings. The van der Waals surface area contributed by atoms with Gasteiger partial charge in [0.15, 0.2) is 5.13 Å². The molecule has 3 rings (SSSR count). The largest absolute Gasteiger partial charge is 0.343 e. The lowest BCUT2D eigenvalue weighted by Crippen LogP contribution is -2.39. The topological polar surface area (TPSA) is 74.3 Å². The van der Waals surface area contributed by atoms with Gasteiger partial charge < -0.3 is 10.2 Å². The summed E-state index contributed by atoms with van der Waals surface area (Å²) in [5, 5.41) is 8.39. The van der Waals surface area contributed by atoms with E-state index in [0.29, 0.717) is 18.0 Å². The monoisotopic (exact) mass is 378 g/mol. The van der Waals surface area contributed by atoms with Crippen LogP contribution in [-0.4, -0.2) is 41.0 Å². The third kappa shape index (κ3) is 5.69. The molecule has 1 aliphatic heterocycles. The molecular formula is C19H30N4O2S. The highest BCUT2D eigenvalue weighted by atomic mass is 32.1. The Morgan fingerprint density at radius 1 is 1.19 bits per heavy atom. The maximum absolute atomic E-state index is 12.3. The number of hydrogen-bond donors (Lipinski definition) is 2. The third-order valence-corrected chi connectivity index (χ3v) is 6.25. The molecule has 6 nitrogen and oxygen atoms in total. The van der Waals surface area contributed by atoms with E-state index in [1.54, 1.807) is 0 Å². The Kier molecular flexibility index (Phi) is 6.88. The molecule has 0 spiro atoms. The molecular weight excluding hydrogens is 348 g/mol. The quantitative estimate of drug-likeness (QED) is 0.819. The van der Waals surface area contributed by atoms with E-state index in [9.17, 15) is 9.59 Å².